The number of nitrogens with zero attached hydrogens (tertiary/aromatic N) is 1. The molecule has 9 nitrogen and oxygen atoms in total. The zero-order valence-electron chi connectivity index (χ0n) is 17.6. The van der Waals surface area contributed by atoms with Gasteiger partial charge in [-0.15, -0.1) is 0 Å². The van der Waals surface area contributed by atoms with Crippen LogP contribution in [0.1, 0.15) is 33.3 Å². The van der Waals surface area contributed by atoms with E-state index in [2.05, 4.69) is 10.0 Å². The molecule has 0 fully saturated rings. The van der Waals surface area contributed by atoms with Gasteiger partial charge in [0.25, 0.3) is 5.91 Å². The van der Waals surface area contributed by atoms with Gasteiger partial charge in [-0.2, -0.15) is 4.72 Å². The SMILES string of the molecule is C[C@H](NS(=O)(=O)c1ccc(C(C)(C)C)cc1)C(=O)OCC(=O)NCC(=O)N(C)C. The molecule has 0 radical (unpaired) electrons. The smallest absolute Gasteiger partial charge is 0.324 e. The lowest BCUT2D eigenvalue weighted by Crippen LogP contribution is -2.42. The molecule has 0 saturated carbocycles. The molecular formula is C19H29N3O6S. The zero-order valence-corrected chi connectivity index (χ0v) is 18.4. The van der Waals surface area contributed by atoms with Crippen LogP contribution in [0.5, 0.6) is 0 Å². The Kier molecular flexibility index (Phi) is 8.34. The van der Waals surface area contributed by atoms with Gasteiger partial charge in [0, 0.05) is 14.1 Å². The summed E-state index contributed by atoms with van der Waals surface area (Å²) in [5, 5.41) is 2.30. The Labute approximate surface area is 171 Å². The quantitative estimate of drug-likeness (QED) is 0.579. The molecule has 0 saturated heterocycles. The molecule has 0 aliphatic carbocycles. The van der Waals surface area contributed by atoms with Gasteiger partial charge in [0.2, 0.25) is 15.9 Å². The topological polar surface area (TPSA) is 122 Å². The molecule has 1 aromatic rings. The van der Waals surface area contributed by atoms with Crippen LogP contribution in [-0.2, 0) is 34.6 Å². The summed E-state index contributed by atoms with van der Waals surface area (Å²) in [5.74, 6) is -1.89. The predicted octanol–water partition coefficient (Wildman–Crippen LogP) is 0.399. The summed E-state index contributed by atoms with van der Waals surface area (Å²) in [6.07, 6.45) is 0. The molecule has 0 aliphatic heterocycles. The van der Waals surface area contributed by atoms with E-state index in [0.717, 1.165) is 5.56 Å². The van der Waals surface area contributed by atoms with Crippen LogP contribution in [0, 0.1) is 0 Å². The van der Waals surface area contributed by atoms with E-state index in [-0.39, 0.29) is 22.8 Å². The third-order valence-electron chi connectivity index (χ3n) is 4.00. The monoisotopic (exact) mass is 427 g/mol. The second-order valence-corrected chi connectivity index (χ2v) is 9.50. The van der Waals surface area contributed by atoms with Gasteiger partial charge in [0.15, 0.2) is 6.61 Å². The van der Waals surface area contributed by atoms with Crippen LogP contribution >= 0.6 is 0 Å². The van der Waals surface area contributed by atoms with Gasteiger partial charge in [0.05, 0.1) is 11.4 Å². The molecule has 0 aliphatic rings. The number of amides is 2. The number of ether oxygens (including phenoxy) is 1. The van der Waals surface area contributed by atoms with Crippen LogP contribution in [0.4, 0.5) is 0 Å². The third kappa shape index (κ3) is 7.82. The summed E-state index contributed by atoms with van der Waals surface area (Å²) in [4.78, 5) is 36.3. The Bertz CT molecular complexity index is 842. The fraction of sp³-hybridized carbons (Fsp3) is 0.526. The van der Waals surface area contributed by atoms with Crippen LogP contribution in [0.25, 0.3) is 0 Å². The van der Waals surface area contributed by atoms with Gasteiger partial charge in [0.1, 0.15) is 6.04 Å². The lowest BCUT2D eigenvalue weighted by molar-refractivity contribution is -0.149. The minimum absolute atomic E-state index is 0.0186. The van der Waals surface area contributed by atoms with E-state index in [1.165, 1.54) is 24.0 Å². The highest BCUT2D eigenvalue weighted by atomic mass is 32.2. The van der Waals surface area contributed by atoms with Crippen molar-refractivity contribution in [2.75, 3.05) is 27.2 Å². The molecule has 29 heavy (non-hydrogen) atoms. The molecular weight excluding hydrogens is 398 g/mol. The fourth-order valence-electron chi connectivity index (χ4n) is 2.13. The van der Waals surface area contributed by atoms with Crippen molar-refractivity contribution >= 4 is 27.8 Å². The number of hydrogen-bond acceptors (Lipinski definition) is 6. The van der Waals surface area contributed by atoms with E-state index in [1.807, 2.05) is 20.8 Å². The average molecular weight is 428 g/mol. The van der Waals surface area contributed by atoms with Gasteiger partial charge in [-0.1, -0.05) is 32.9 Å². The fourth-order valence-corrected chi connectivity index (χ4v) is 3.32. The molecule has 0 aromatic heterocycles. The number of esters is 1. The average Bonchev–Trinajstić information content (AvgIpc) is 2.62. The molecule has 0 heterocycles. The summed E-state index contributed by atoms with van der Waals surface area (Å²) < 4.78 is 31.9. The molecule has 0 spiro atoms. The number of carbonyl (C=O) groups excluding carboxylic acids is 3. The van der Waals surface area contributed by atoms with Crippen LogP contribution in [0.15, 0.2) is 29.2 Å². The molecule has 10 heteroatoms. The van der Waals surface area contributed by atoms with Crippen molar-refractivity contribution in [3.8, 4) is 0 Å². The largest absolute Gasteiger partial charge is 0.454 e. The lowest BCUT2D eigenvalue weighted by atomic mass is 9.87. The van der Waals surface area contributed by atoms with Crippen molar-refractivity contribution in [1.82, 2.24) is 14.9 Å². The lowest BCUT2D eigenvalue weighted by Gasteiger charge is -2.19. The van der Waals surface area contributed by atoms with Gasteiger partial charge < -0.3 is 15.0 Å². The van der Waals surface area contributed by atoms with E-state index >= 15 is 0 Å². The number of benzene rings is 1. The van der Waals surface area contributed by atoms with Crippen LogP contribution in [-0.4, -0.2) is 64.4 Å². The van der Waals surface area contributed by atoms with Crippen LogP contribution in [0.3, 0.4) is 0 Å². The van der Waals surface area contributed by atoms with Crippen molar-refractivity contribution in [2.24, 2.45) is 0 Å². The molecule has 1 atom stereocenters. The molecule has 1 aromatic carbocycles. The molecule has 162 valence electrons. The molecule has 1 rings (SSSR count). The first kappa shape index (κ1) is 24.6. The maximum Gasteiger partial charge on any atom is 0.324 e. The van der Waals surface area contributed by atoms with Gasteiger partial charge >= 0.3 is 5.97 Å². The van der Waals surface area contributed by atoms with Crippen molar-refractivity contribution in [3.05, 3.63) is 29.8 Å². The molecule has 0 unspecified atom stereocenters. The van der Waals surface area contributed by atoms with Crippen molar-refractivity contribution in [2.45, 2.75) is 44.0 Å². The number of carbonyl (C=O) groups is 3. The normalized spacial score (nSPS) is 12.8. The Hall–Kier alpha value is -2.46. The Morgan fingerprint density at radius 1 is 1.10 bits per heavy atom. The summed E-state index contributed by atoms with van der Waals surface area (Å²) in [6, 6.07) is 5.18. The van der Waals surface area contributed by atoms with E-state index in [0.29, 0.717) is 0 Å². The first-order valence-corrected chi connectivity index (χ1v) is 10.5. The highest BCUT2D eigenvalue weighted by Gasteiger charge is 2.24. The van der Waals surface area contributed by atoms with E-state index < -0.39 is 34.5 Å². The van der Waals surface area contributed by atoms with Crippen molar-refractivity contribution in [3.63, 3.8) is 0 Å². The number of sulfonamides is 1. The first-order chi connectivity index (χ1) is 13.2. The van der Waals surface area contributed by atoms with Gasteiger partial charge in [-0.05, 0) is 30.0 Å². The zero-order chi connectivity index (χ0) is 22.4. The second-order valence-electron chi connectivity index (χ2n) is 7.79. The summed E-state index contributed by atoms with van der Waals surface area (Å²) in [6.45, 7) is 6.51. The number of nitrogens with one attached hydrogen (secondary N) is 2. The van der Waals surface area contributed by atoms with E-state index in [1.54, 1.807) is 26.2 Å². The number of hydrogen-bond donors (Lipinski definition) is 2. The van der Waals surface area contributed by atoms with Crippen molar-refractivity contribution < 1.29 is 27.5 Å². The summed E-state index contributed by atoms with van der Waals surface area (Å²) in [7, 11) is -0.857. The molecule has 2 amide bonds. The van der Waals surface area contributed by atoms with Crippen LogP contribution < -0.4 is 10.0 Å². The third-order valence-corrected chi connectivity index (χ3v) is 5.55. The van der Waals surface area contributed by atoms with Crippen molar-refractivity contribution in [1.29, 1.82) is 0 Å². The number of rotatable bonds is 8. The van der Waals surface area contributed by atoms with E-state index in [4.69, 9.17) is 4.74 Å². The summed E-state index contributed by atoms with van der Waals surface area (Å²) >= 11 is 0. The molecule has 0 bridgehead atoms. The highest BCUT2D eigenvalue weighted by molar-refractivity contribution is 7.89. The maximum atomic E-state index is 12.4. The Morgan fingerprint density at radius 2 is 1.66 bits per heavy atom. The first-order valence-electron chi connectivity index (χ1n) is 9.00. The number of likely N-dealkylation sites (N-methyl/N-ethyl adjacent to an activating group) is 1. The second kappa shape index (κ2) is 9.84. The minimum atomic E-state index is -3.94. The van der Waals surface area contributed by atoms with Crippen LogP contribution in [0.2, 0.25) is 0 Å². The van der Waals surface area contributed by atoms with Gasteiger partial charge in [-0.25, -0.2) is 8.42 Å². The Morgan fingerprint density at radius 3 is 2.14 bits per heavy atom. The maximum absolute atomic E-state index is 12.4. The van der Waals surface area contributed by atoms with E-state index in [9.17, 15) is 22.8 Å². The predicted molar refractivity (Wildman–Crippen MR) is 108 cm³/mol. The standard InChI is InChI=1S/C19H29N3O6S/c1-13(18(25)28-12-16(23)20-11-17(24)22(5)6)21-29(26,27)15-9-7-14(8-10-15)19(2,3)4/h7-10,13,21H,11-12H2,1-6H3,(H,20,23)/t13-/m0/s1. The highest BCUT2D eigenvalue weighted by Crippen LogP contribution is 2.23. The van der Waals surface area contributed by atoms with Gasteiger partial charge in [-0.3, -0.25) is 14.4 Å². The summed E-state index contributed by atoms with van der Waals surface area (Å²) in [5.41, 5.74) is 0.854. The Balaban J connectivity index is 2.60. The minimum Gasteiger partial charge on any atom is -0.454 e. The molecule has 2 N–H and O–H groups in total.